The summed E-state index contributed by atoms with van der Waals surface area (Å²) in [6.45, 7) is 9.96. The van der Waals surface area contributed by atoms with Crippen molar-refractivity contribution in [2.75, 3.05) is 19.6 Å². The van der Waals surface area contributed by atoms with Crippen molar-refractivity contribution in [1.29, 1.82) is 0 Å². The highest BCUT2D eigenvalue weighted by molar-refractivity contribution is 5.09. The minimum Gasteiger partial charge on any atom is -0.317 e. The zero-order valence-electron chi connectivity index (χ0n) is 12.8. The smallest absolute Gasteiger partial charge is 0.141 e. The molecule has 1 unspecified atom stereocenters. The molecular formula is C16H26FN3. The number of hydrogen-bond donors (Lipinski definition) is 1. The molecule has 0 amide bonds. The molecule has 112 valence electrons. The van der Waals surface area contributed by atoms with Crippen molar-refractivity contribution in [3.05, 3.63) is 29.8 Å². The van der Waals surface area contributed by atoms with Gasteiger partial charge in [-0.3, -0.25) is 9.88 Å². The van der Waals surface area contributed by atoms with Crippen LogP contribution in [0.2, 0.25) is 0 Å². The van der Waals surface area contributed by atoms with E-state index >= 15 is 0 Å². The van der Waals surface area contributed by atoms with Gasteiger partial charge in [-0.25, -0.2) is 4.39 Å². The molecule has 1 aliphatic rings. The Morgan fingerprint density at radius 1 is 1.30 bits per heavy atom. The molecule has 1 aromatic rings. The number of rotatable bonds is 5. The van der Waals surface area contributed by atoms with Crippen LogP contribution in [0.3, 0.4) is 0 Å². The zero-order chi connectivity index (χ0) is 14.5. The van der Waals surface area contributed by atoms with E-state index in [0.717, 1.165) is 31.2 Å². The minimum atomic E-state index is -0.268. The van der Waals surface area contributed by atoms with Gasteiger partial charge in [-0.2, -0.15) is 0 Å². The number of nitrogens with zero attached hydrogens (tertiary/aromatic N) is 2. The van der Waals surface area contributed by atoms with Crippen LogP contribution in [0.1, 0.15) is 45.3 Å². The van der Waals surface area contributed by atoms with Gasteiger partial charge in [0.2, 0.25) is 0 Å². The SMILES string of the molecule is CC(C)N(CC1CCNCC1)C(C)c1ccc(F)cn1. The first-order valence-corrected chi connectivity index (χ1v) is 7.66. The van der Waals surface area contributed by atoms with Crippen molar-refractivity contribution in [2.45, 2.75) is 45.7 Å². The molecule has 1 aliphatic heterocycles. The maximum absolute atomic E-state index is 13.0. The quantitative estimate of drug-likeness (QED) is 0.898. The topological polar surface area (TPSA) is 28.2 Å². The summed E-state index contributed by atoms with van der Waals surface area (Å²) in [6.07, 6.45) is 3.80. The number of piperidine rings is 1. The molecule has 0 saturated carbocycles. The molecule has 4 heteroatoms. The number of pyridine rings is 1. The molecule has 2 heterocycles. The van der Waals surface area contributed by atoms with Crippen molar-refractivity contribution in [2.24, 2.45) is 5.92 Å². The maximum atomic E-state index is 13.0. The third-order valence-electron chi connectivity index (χ3n) is 4.27. The van der Waals surface area contributed by atoms with Gasteiger partial charge in [0, 0.05) is 18.6 Å². The minimum absolute atomic E-state index is 0.227. The highest BCUT2D eigenvalue weighted by Crippen LogP contribution is 2.24. The zero-order valence-corrected chi connectivity index (χ0v) is 12.8. The average Bonchev–Trinajstić information content (AvgIpc) is 2.45. The lowest BCUT2D eigenvalue weighted by Gasteiger charge is -2.36. The summed E-state index contributed by atoms with van der Waals surface area (Å²) in [7, 11) is 0. The standard InChI is InChI=1S/C16H26FN3/c1-12(2)20(11-14-6-8-18-9-7-14)13(3)16-5-4-15(17)10-19-16/h4-5,10,12-14,18H,6-9,11H2,1-3H3. The Morgan fingerprint density at radius 2 is 2.00 bits per heavy atom. The van der Waals surface area contributed by atoms with Crippen molar-refractivity contribution in [3.8, 4) is 0 Å². The van der Waals surface area contributed by atoms with E-state index in [0.29, 0.717) is 6.04 Å². The van der Waals surface area contributed by atoms with Crippen LogP contribution in [0.25, 0.3) is 0 Å². The van der Waals surface area contributed by atoms with E-state index in [1.807, 2.05) is 0 Å². The van der Waals surface area contributed by atoms with Crippen LogP contribution in [0.15, 0.2) is 18.3 Å². The molecule has 1 atom stereocenters. The van der Waals surface area contributed by atoms with Crippen molar-refractivity contribution in [3.63, 3.8) is 0 Å². The second kappa shape index (κ2) is 7.14. The molecule has 3 nitrogen and oxygen atoms in total. The predicted molar refractivity (Wildman–Crippen MR) is 80.0 cm³/mol. The number of nitrogens with one attached hydrogen (secondary N) is 1. The van der Waals surface area contributed by atoms with Gasteiger partial charge in [0.25, 0.3) is 0 Å². The molecule has 0 radical (unpaired) electrons. The first-order chi connectivity index (χ1) is 9.58. The van der Waals surface area contributed by atoms with Gasteiger partial charge in [-0.15, -0.1) is 0 Å². The van der Waals surface area contributed by atoms with E-state index in [1.165, 1.54) is 25.1 Å². The van der Waals surface area contributed by atoms with Crippen molar-refractivity contribution >= 4 is 0 Å². The normalized spacial score (nSPS) is 18.7. The molecule has 20 heavy (non-hydrogen) atoms. The maximum Gasteiger partial charge on any atom is 0.141 e. The van der Waals surface area contributed by atoms with E-state index in [-0.39, 0.29) is 11.9 Å². The third kappa shape index (κ3) is 4.00. The number of hydrogen-bond acceptors (Lipinski definition) is 3. The summed E-state index contributed by atoms with van der Waals surface area (Å²) in [4.78, 5) is 6.73. The monoisotopic (exact) mass is 279 g/mol. The van der Waals surface area contributed by atoms with Crippen LogP contribution in [0, 0.1) is 11.7 Å². The number of aromatic nitrogens is 1. The lowest BCUT2D eigenvalue weighted by molar-refractivity contribution is 0.122. The molecule has 0 aliphatic carbocycles. The molecule has 1 fully saturated rings. The van der Waals surface area contributed by atoms with E-state index < -0.39 is 0 Å². The molecule has 0 bridgehead atoms. The first kappa shape index (κ1) is 15.4. The van der Waals surface area contributed by atoms with E-state index in [1.54, 1.807) is 6.07 Å². The van der Waals surface area contributed by atoms with E-state index in [4.69, 9.17) is 0 Å². The van der Waals surface area contributed by atoms with Gasteiger partial charge >= 0.3 is 0 Å². The van der Waals surface area contributed by atoms with Crippen LogP contribution < -0.4 is 5.32 Å². The molecular weight excluding hydrogens is 253 g/mol. The summed E-state index contributed by atoms with van der Waals surface area (Å²) < 4.78 is 13.0. The van der Waals surface area contributed by atoms with Crippen LogP contribution in [-0.4, -0.2) is 35.6 Å². The van der Waals surface area contributed by atoms with Crippen molar-refractivity contribution < 1.29 is 4.39 Å². The second-order valence-electron chi connectivity index (χ2n) is 6.06. The Bertz CT molecular complexity index is 399. The van der Waals surface area contributed by atoms with Gasteiger partial charge in [-0.05, 0) is 64.8 Å². The van der Waals surface area contributed by atoms with Crippen LogP contribution in [0.5, 0.6) is 0 Å². The summed E-state index contributed by atoms with van der Waals surface area (Å²) in [5.41, 5.74) is 0.953. The fourth-order valence-electron chi connectivity index (χ4n) is 2.98. The summed E-state index contributed by atoms with van der Waals surface area (Å²) in [6, 6.07) is 4.00. The summed E-state index contributed by atoms with van der Waals surface area (Å²) in [5, 5.41) is 3.41. The Labute approximate surface area is 121 Å². The van der Waals surface area contributed by atoms with Gasteiger partial charge in [0.15, 0.2) is 0 Å². The van der Waals surface area contributed by atoms with Gasteiger partial charge < -0.3 is 5.32 Å². The molecule has 1 saturated heterocycles. The third-order valence-corrected chi connectivity index (χ3v) is 4.27. The highest BCUT2D eigenvalue weighted by Gasteiger charge is 2.24. The largest absolute Gasteiger partial charge is 0.317 e. The molecule has 0 aromatic carbocycles. The van der Waals surface area contributed by atoms with E-state index in [9.17, 15) is 4.39 Å². The fourth-order valence-corrected chi connectivity index (χ4v) is 2.98. The summed E-state index contributed by atoms with van der Waals surface area (Å²) in [5.74, 6) is 0.483. The van der Waals surface area contributed by atoms with Gasteiger partial charge in [0.05, 0.1) is 11.9 Å². The molecule has 0 spiro atoms. The van der Waals surface area contributed by atoms with Crippen molar-refractivity contribution in [1.82, 2.24) is 15.2 Å². The Kier molecular flexibility index (Phi) is 5.49. The Balaban J connectivity index is 2.04. The van der Waals surface area contributed by atoms with Gasteiger partial charge in [-0.1, -0.05) is 0 Å². The first-order valence-electron chi connectivity index (χ1n) is 7.66. The lowest BCUT2D eigenvalue weighted by atomic mass is 9.96. The molecule has 2 rings (SSSR count). The molecule has 1 N–H and O–H groups in total. The highest BCUT2D eigenvalue weighted by atomic mass is 19.1. The average molecular weight is 279 g/mol. The van der Waals surface area contributed by atoms with Gasteiger partial charge in [0.1, 0.15) is 5.82 Å². The van der Waals surface area contributed by atoms with Crippen LogP contribution >= 0.6 is 0 Å². The second-order valence-corrected chi connectivity index (χ2v) is 6.06. The summed E-state index contributed by atoms with van der Waals surface area (Å²) >= 11 is 0. The van der Waals surface area contributed by atoms with Crippen LogP contribution in [0.4, 0.5) is 4.39 Å². The Morgan fingerprint density at radius 3 is 2.55 bits per heavy atom. The fraction of sp³-hybridized carbons (Fsp3) is 0.688. The lowest BCUT2D eigenvalue weighted by Crippen LogP contribution is -2.41. The van der Waals surface area contributed by atoms with Crippen LogP contribution in [-0.2, 0) is 0 Å². The predicted octanol–water partition coefficient (Wildman–Crippen LogP) is 2.99. The number of halogens is 1. The Hall–Kier alpha value is -1.00. The van der Waals surface area contributed by atoms with E-state index in [2.05, 4.69) is 36.0 Å². The molecule has 1 aromatic heterocycles.